The minimum Gasteiger partial charge on any atom is -0.302 e. The monoisotopic (exact) mass is 183 g/mol. The molecule has 4 heteroatoms. The van der Waals surface area contributed by atoms with Crippen molar-refractivity contribution in [3.63, 3.8) is 0 Å². The molecule has 74 valence electrons. The van der Waals surface area contributed by atoms with Gasteiger partial charge in [-0.15, -0.1) is 0 Å². The van der Waals surface area contributed by atoms with Crippen molar-refractivity contribution in [3.8, 4) is 0 Å². The SMILES string of the molecule is CCCn1cc(CNOCC)cn1. The Morgan fingerprint density at radius 3 is 3.08 bits per heavy atom. The van der Waals surface area contributed by atoms with Gasteiger partial charge in [-0.2, -0.15) is 10.6 Å². The first kappa shape index (κ1) is 10.2. The third-order valence-corrected chi connectivity index (χ3v) is 1.66. The third-order valence-electron chi connectivity index (χ3n) is 1.66. The molecule has 1 rings (SSSR count). The molecule has 1 N–H and O–H groups in total. The van der Waals surface area contributed by atoms with Gasteiger partial charge in [0.2, 0.25) is 0 Å². The fourth-order valence-electron chi connectivity index (χ4n) is 1.09. The molecule has 0 saturated carbocycles. The van der Waals surface area contributed by atoms with E-state index >= 15 is 0 Å². The number of rotatable bonds is 6. The Kier molecular flexibility index (Phi) is 4.49. The molecular formula is C9H17N3O. The van der Waals surface area contributed by atoms with Crippen molar-refractivity contribution in [2.45, 2.75) is 33.4 Å². The lowest BCUT2D eigenvalue weighted by atomic mass is 10.4. The summed E-state index contributed by atoms with van der Waals surface area (Å²) in [7, 11) is 0. The summed E-state index contributed by atoms with van der Waals surface area (Å²) in [6.07, 6.45) is 5.01. The van der Waals surface area contributed by atoms with Gasteiger partial charge in [0.25, 0.3) is 0 Å². The zero-order valence-electron chi connectivity index (χ0n) is 8.29. The summed E-state index contributed by atoms with van der Waals surface area (Å²) < 4.78 is 1.95. The topological polar surface area (TPSA) is 39.1 Å². The molecule has 0 spiro atoms. The first-order valence-electron chi connectivity index (χ1n) is 4.72. The van der Waals surface area contributed by atoms with Crippen LogP contribution in [0.15, 0.2) is 12.4 Å². The van der Waals surface area contributed by atoms with Crippen LogP contribution in [0.3, 0.4) is 0 Å². The average molecular weight is 183 g/mol. The highest BCUT2D eigenvalue weighted by Gasteiger charge is 1.96. The fraction of sp³-hybridized carbons (Fsp3) is 0.667. The van der Waals surface area contributed by atoms with Crippen molar-refractivity contribution in [1.29, 1.82) is 0 Å². The van der Waals surface area contributed by atoms with E-state index in [1.807, 2.05) is 24.0 Å². The van der Waals surface area contributed by atoms with Crippen LogP contribution in [0.2, 0.25) is 0 Å². The van der Waals surface area contributed by atoms with Gasteiger partial charge in [-0.05, 0) is 13.3 Å². The molecule has 0 aliphatic heterocycles. The number of nitrogens with zero attached hydrogens (tertiary/aromatic N) is 2. The largest absolute Gasteiger partial charge is 0.302 e. The van der Waals surface area contributed by atoms with Crippen LogP contribution in [-0.2, 0) is 17.9 Å². The van der Waals surface area contributed by atoms with Crippen LogP contribution in [0.5, 0.6) is 0 Å². The smallest absolute Gasteiger partial charge is 0.0654 e. The van der Waals surface area contributed by atoms with Crippen LogP contribution in [0, 0.1) is 0 Å². The van der Waals surface area contributed by atoms with Gasteiger partial charge in [0.1, 0.15) is 0 Å². The zero-order valence-corrected chi connectivity index (χ0v) is 8.29. The maximum atomic E-state index is 5.02. The molecule has 13 heavy (non-hydrogen) atoms. The van der Waals surface area contributed by atoms with Crippen LogP contribution < -0.4 is 5.48 Å². The first-order valence-corrected chi connectivity index (χ1v) is 4.72. The van der Waals surface area contributed by atoms with Gasteiger partial charge in [-0.1, -0.05) is 6.92 Å². The lowest BCUT2D eigenvalue weighted by Gasteiger charge is -1.99. The van der Waals surface area contributed by atoms with Crippen LogP contribution in [-0.4, -0.2) is 16.4 Å². The highest BCUT2D eigenvalue weighted by molar-refractivity contribution is 5.02. The van der Waals surface area contributed by atoms with Gasteiger partial charge in [-0.25, -0.2) is 0 Å². The second kappa shape index (κ2) is 5.72. The van der Waals surface area contributed by atoms with Crippen molar-refractivity contribution in [2.75, 3.05) is 6.61 Å². The van der Waals surface area contributed by atoms with Gasteiger partial charge >= 0.3 is 0 Å². The standard InChI is InChI=1S/C9H17N3O/c1-3-5-12-8-9(6-10-12)7-11-13-4-2/h6,8,11H,3-5,7H2,1-2H3. The van der Waals surface area contributed by atoms with Crippen LogP contribution in [0.1, 0.15) is 25.8 Å². The maximum absolute atomic E-state index is 5.02. The summed E-state index contributed by atoms with van der Waals surface area (Å²) in [6.45, 7) is 6.47. The molecule has 0 bridgehead atoms. The Hall–Kier alpha value is -0.870. The summed E-state index contributed by atoms with van der Waals surface area (Å²) >= 11 is 0. The lowest BCUT2D eigenvalue weighted by Crippen LogP contribution is -2.13. The van der Waals surface area contributed by atoms with E-state index in [1.54, 1.807) is 0 Å². The molecule has 1 aromatic heterocycles. The van der Waals surface area contributed by atoms with Gasteiger partial charge in [0.15, 0.2) is 0 Å². The number of nitrogens with one attached hydrogen (secondary N) is 1. The predicted octanol–water partition coefficient (Wildman–Crippen LogP) is 1.33. The Balaban J connectivity index is 2.31. The quantitative estimate of drug-likeness (QED) is 0.534. The van der Waals surface area contributed by atoms with Crippen molar-refractivity contribution in [3.05, 3.63) is 18.0 Å². The molecular weight excluding hydrogens is 166 g/mol. The summed E-state index contributed by atoms with van der Waals surface area (Å²) in [6, 6.07) is 0. The van der Waals surface area contributed by atoms with Crippen molar-refractivity contribution >= 4 is 0 Å². The van der Waals surface area contributed by atoms with E-state index in [1.165, 1.54) is 0 Å². The zero-order chi connectivity index (χ0) is 9.52. The van der Waals surface area contributed by atoms with Gasteiger partial charge < -0.3 is 4.84 Å². The highest BCUT2D eigenvalue weighted by atomic mass is 16.6. The van der Waals surface area contributed by atoms with E-state index in [2.05, 4.69) is 17.5 Å². The van der Waals surface area contributed by atoms with Crippen molar-refractivity contribution in [1.82, 2.24) is 15.3 Å². The number of aromatic nitrogens is 2. The van der Waals surface area contributed by atoms with E-state index in [4.69, 9.17) is 4.84 Å². The van der Waals surface area contributed by atoms with E-state index in [-0.39, 0.29) is 0 Å². The van der Waals surface area contributed by atoms with Crippen LogP contribution in [0.4, 0.5) is 0 Å². The second-order valence-corrected chi connectivity index (χ2v) is 2.87. The maximum Gasteiger partial charge on any atom is 0.0654 e. The molecule has 0 radical (unpaired) electrons. The molecule has 1 aromatic rings. The number of aryl methyl sites for hydroxylation is 1. The molecule has 0 aliphatic rings. The molecule has 0 aromatic carbocycles. The lowest BCUT2D eigenvalue weighted by molar-refractivity contribution is 0.0463. The highest BCUT2D eigenvalue weighted by Crippen LogP contribution is 1.97. The molecule has 0 saturated heterocycles. The predicted molar refractivity (Wildman–Crippen MR) is 51.0 cm³/mol. The molecule has 1 heterocycles. The molecule has 0 amide bonds. The summed E-state index contributed by atoms with van der Waals surface area (Å²) in [4.78, 5) is 5.02. The Morgan fingerprint density at radius 2 is 2.38 bits per heavy atom. The fourth-order valence-corrected chi connectivity index (χ4v) is 1.09. The molecule has 0 aliphatic carbocycles. The van der Waals surface area contributed by atoms with E-state index in [0.717, 1.165) is 25.1 Å². The molecule has 0 fully saturated rings. The van der Waals surface area contributed by atoms with Gasteiger partial charge in [-0.3, -0.25) is 4.68 Å². The van der Waals surface area contributed by atoms with E-state index in [9.17, 15) is 0 Å². The normalized spacial score (nSPS) is 10.6. The van der Waals surface area contributed by atoms with Crippen LogP contribution in [0.25, 0.3) is 0 Å². The number of hydrogen-bond acceptors (Lipinski definition) is 3. The Bertz CT molecular complexity index is 235. The summed E-state index contributed by atoms with van der Waals surface area (Å²) in [5.74, 6) is 0. The summed E-state index contributed by atoms with van der Waals surface area (Å²) in [5, 5.41) is 4.21. The van der Waals surface area contributed by atoms with Crippen molar-refractivity contribution < 1.29 is 4.84 Å². The molecule has 0 unspecified atom stereocenters. The molecule has 0 atom stereocenters. The van der Waals surface area contributed by atoms with Gasteiger partial charge in [0.05, 0.1) is 12.8 Å². The van der Waals surface area contributed by atoms with E-state index in [0.29, 0.717) is 6.61 Å². The van der Waals surface area contributed by atoms with E-state index < -0.39 is 0 Å². The minimum atomic E-state index is 0.684. The molecule has 4 nitrogen and oxygen atoms in total. The van der Waals surface area contributed by atoms with Crippen molar-refractivity contribution in [2.24, 2.45) is 0 Å². The minimum absolute atomic E-state index is 0.684. The Labute approximate surface area is 78.8 Å². The third kappa shape index (κ3) is 3.57. The van der Waals surface area contributed by atoms with Gasteiger partial charge in [0, 0.05) is 24.8 Å². The second-order valence-electron chi connectivity index (χ2n) is 2.87. The van der Waals surface area contributed by atoms with Crippen LogP contribution >= 0.6 is 0 Å². The number of hydrogen-bond donors (Lipinski definition) is 1. The summed E-state index contributed by atoms with van der Waals surface area (Å²) in [5.41, 5.74) is 4.01. The average Bonchev–Trinajstić information content (AvgIpc) is 2.54. The number of hydroxylamine groups is 1. The first-order chi connectivity index (χ1) is 6.36. The Morgan fingerprint density at radius 1 is 1.54 bits per heavy atom.